The monoisotopic (exact) mass is 490 g/mol. The first-order chi connectivity index (χ1) is 18.1. The van der Waals surface area contributed by atoms with Crippen LogP contribution in [0.5, 0.6) is 11.5 Å². The molecular weight excluding hydrogens is 468 g/mol. The first-order valence-electron chi connectivity index (χ1n) is 11.9. The largest absolute Gasteiger partial charge is 0.457 e. The Bertz CT molecular complexity index is 1680. The third kappa shape index (κ3) is 4.82. The van der Waals surface area contributed by atoms with Crippen molar-refractivity contribution >= 4 is 11.0 Å². The van der Waals surface area contributed by atoms with Gasteiger partial charge in [0, 0.05) is 11.6 Å². The van der Waals surface area contributed by atoms with Crippen LogP contribution in [-0.2, 0) is 6.54 Å². The van der Waals surface area contributed by atoms with Gasteiger partial charge in [-0.25, -0.2) is 13.8 Å². The normalized spacial score (nSPS) is 11.1. The van der Waals surface area contributed by atoms with Crippen LogP contribution in [0.3, 0.4) is 0 Å². The Labute approximate surface area is 212 Å². The van der Waals surface area contributed by atoms with E-state index in [1.165, 1.54) is 12.1 Å². The van der Waals surface area contributed by atoms with Gasteiger partial charge in [-0.15, -0.1) is 0 Å². The number of fused-ring (bicyclic) bond motifs is 1. The number of para-hydroxylation sites is 1. The predicted molar refractivity (Wildman–Crippen MR) is 139 cm³/mol. The highest BCUT2D eigenvalue weighted by atomic mass is 19.2. The second-order valence-corrected chi connectivity index (χ2v) is 8.74. The molecule has 0 saturated carbocycles. The number of aromatic amines is 1. The van der Waals surface area contributed by atoms with Crippen molar-refractivity contribution in [1.82, 2.24) is 9.97 Å². The zero-order valence-corrected chi connectivity index (χ0v) is 19.7. The number of nitrogens with one attached hydrogen (secondary N) is 1. The fourth-order valence-electron chi connectivity index (χ4n) is 4.27. The lowest BCUT2D eigenvalue weighted by molar-refractivity contribution is -0.687. The number of ether oxygens (including phenoxy) is 1. The van der Waals surface area contributed by atoms with Crippen LogP contribution in [0.15, 0.2) is 116 Å². The number of benzene rings is 4. The molecule has 4 nitrogen and oxygen atoms in total. The number of hydrogen-bond acceptors (Lipinski definition) is 2. The van der Waals surface area contributed by atoms with E-state index in [-0.39, 0.29) is 5.56 Å². The molecule has 0 spiro atoms. The van der Waals surface area contributed by atoms with Crippen molar-refractivity contribution in [3.8, 4) is 34.0 Å². The van der Waals surface area contributed by atoms with Crippen molar-refractivity contribution in [2.24, 2.45) is 0 Å². The fourth-order valence-corrected chi connectivity index (χ4v) is 4.27. The summed E-state index contributed by atoms with van der Waals surface area (Å²) in [6, 6.07) is 32.1. The molecule has 0 bridgehead atoms. The first-order valence-corrected chi connectivity index (χ1v) is 11.9. The third-order valence-electron chi connectivity index (χ3n) is 6.17. The zero-order valence-electron chi connectivity index (χ0n) is 19.7. The summed E-state index contributed by atoms with van der Waals surface area (Å²) in [6.07, 6.45) is 3.84. The number of pyridine rings is 1. The highest BCUT2D eigenvalue weighted by Gasteiger charge is 2.15. The SMILES string of the molecule is Fc1cccc(-c2nc3cc[n+](Cc4ccc(-c5ccc(Oc6ccccc6)cc5)cc4)cc3[nH]2)c1F. The summed E-state index contributed by atoms with van der Waals surface area (Å²) in [5.74, 6) is 0.0957. The van der Waals surface area contributed by atoms with Gasteiger partial charge in [-0.1, -0.05) is 60.7 Å². The summed E-state index contributed by atoms with van der Waals surface area (Å²) >= 11 is 0. The van der Waals surface area contributed by atoms with Gasteiger partial charge in [-0.05, 0) is 47.5 Å². The van der Waals surface area contributed by atoms with Crippen LogP contribution in [0.25, 0.3) is 33.5 Å². The minimum atomic E-state index is -0.909. The number of nitrogens with zero attached hydrogens (tertiary/aromatic N) is 2. The average Bonchev–Trinajstić information content (AvgIpc) is 3.35. The maximum absolute atomic E-state index is 14.2. The molecule has 0 atom stereocenters. The Balaban J connectivity index is 1.17. The topological polar surface area (TPSA) is 41.8 Å². The van der Waals surface area contributed by atoms with Gasteiger partial charge >= 0.3 is 0 Å². The number of hydrogen-bond donors (Lipinski definition) is 1. The summed E-state index contributed by atoms with van der Waals surface area (Å²) in [6.45, 7) is 0.656. The molecular formula is C31H22F2N3O+. The standard InChI is InChI=1S/C31H21F2N3O/c32-27-8-4-7-26(30(27)33)31-34-28-17-18-36(20-29(28)35-31)19-21-9-11-22(12-10-21)23-13-15-25(16-14-23)37-24-5-2-1-3-6-24/h1-18,20H,19H2/p+1. The van der Waals surface area contributed by atoms with E-state index >= 15 is 0 Å². The third-order valence-corrected chi connectivity index (χ3v) is 6.17. The van der Waals surface area contributed by atoms with Crippen LogP contribution in [0.4, 0.5) is 8.78 Å². The van der Waals surface area contributed by atoms with E-state index in [2.05, 4.69) is 34.2 Å². The minimum Gasteiger partial charge on any atom is -0.457 e. The van der Waals surface area contributed by atoms with Crippen LogP contribution in [-0.4, -0.2) is 9.97 Å². The van der Waals surface area contributed by atoms with E-state index in [0.29, 0.717) is 17.9 Å². The second-order valence-electron chi connectivity index (χ2n) is 8.74. The van der Waals surface area contributed by atoms with Gasteiger partial charge in [-0.3, -0.25) is 0 Å². The van der Waals surface area contributed by atoms with E-state index in [9.17, 15) is 8.78 Å². The molecule has 37 heavy (non-hydrogen) atoms. The van der Waals surface area contributed by atoms with E-state index in [1.807, 2.05) is 77.6 Å². The number of rotatable bonds is 6. The van der Waals surface area contributed by atoms with Crippen molar-refractivity contribution in [1.29, 1.82) is 0 Å². The van der Waals surface area contributed by atoms with Gasteiger partial charge in [0.2, 0.25) is 0 Å². The molecule has 4 aromatic carbocycles. The molecule has 2 heterocycles. The van der Waals surface area contributed by atoms with Crippen LogP contribution < -0.4 is 9.30 Å². The fraction of sp³-hybridized carbons (Fsp3) is 0.0323. The van der Waals surface area contributed by atoms with Gasteiger partial charge in [0.25, 0.3) is 0 Å². The highest BCUT2D eigenvalue weighted by molar-refractivity contribution is 5.77. The van der Waals surface area contributed by atoms with E-state index in [1.54, 1.807) is 0 Å². The van der Waals surface area contributed by atoms with Crippen molar-refractivity contribution in [3.05, 3.63) is 133 Å². The van der Waals surface area contributed by atoms with Crippen LogP contribution in [0.2, 0.25) is 0 Å². The minimum absolute atomic E-state index is 0.109. The summed E-state index contributed by atoms with van der Waals surface area (Å²) in [4.78, 5) is 7.53. The van der Waals surface area contributed by atoms with Crippen molar-refractivity contribution in [2.45, 2.75) is 6.54 Å². The zero-order chi connectivity index (χ0) is 25.2. The molecule has 0 fully saturated rings. The summed E-state index contributed by atoms with van der Waals surface area (Å²) in [5, 5.41) is 0. The molecule has 0 amide bonds. The second kappa shape index (κ2) is 9.66. The van der Waals surface area contributed by atoms with E-state index in [0.717, 1.165) is 39.8 Å². The summed E-state index contributed by atoms with van der Waals surface area (Å²) < 4.78 is 35.7. The molecule has 2 aromatic heterocycles. The van der Waals surface area contributed by atoms with E-state index < -0.39 is 11.6 Å². The average molecular weight is 491 g/mol. The van der Waals surface area contributed by atoms with Gasteiger partial charge in [-0.2, -0.15) is 4.57 Å². The van der Waals surface area contributed by atoms with Crippen molar-refractivity contribution in [3.63, 3.8) is 0 Å². The molecule has 6 heteroatoms. The van der Waals surface area contributed by atoms with Crippen LogP contribution >= 0.6 is 0 Å². The van der Waals surface area contributed by atoms with Crippen molar-refractivity contribution < 1.29 is 18.1 Å². The number of aromatic nitrogens is 3. The number of halogens is 2. The Morgan fingerprint density at radius 3 is 2.19 bits per heavy atom. The molecule has 6 aromatic rings. The van der Waals surface area contributed by atoms with Gasteiger partial charge < -0.3 is 9.72 Å². The lowest BCUT2D eigenvalue weighted by Gasteiger charge is -2.07. The lowest BCUT2D eigenvalue weighted by Crippen LogP contribution is -2.33. The molecule has 6 rings (SSSR count). The Morgan fingerprint density at radius 1 is 0.730 bits per heavy atom. The molecule has 0 aliphatic heterocycles. The maximum Gasteiger partial charge on any atom is 0.195 e. The molecule has 0 radical (unpaired) electrons. The molecule has 1 N–H and O–H groups in total. The Hall–Kier alpha value is -4.84. The van der Waals surface area contributed by atoms with Crippen molar-refractivity contribution in [2.75, 3.05) is 0 Å². The highest BCUT2D eigenvalue weighted by Crippen LogP contribution is 2.26. The van der Waals surface area contributed by atoms with Gasteiger partial charge in [0.05, 0.1) is 5.56 Å². The molecule has 0 aliphatic rings. The molecule has 0 saturated heterocycles. The summed E-state index contributed by atoms with van der Waals surface area (Å²) in [5.41, 5.74) is 4.90. The Kier molecular flexibility index (Phi) is 5.91. The molecule has 0 unspecified atom stereocenters. The maximum atomic E-state index is 14.2. The van der Waals surface area contributed by atoms with Gasteiger partial charge in [0.15, 0.2) is 30.6 Å². The van der Waals surface area contributed by atoms with E-state index in [4.69, 9.17) is 4.74 Å². The number of H-pyrrole nitrogens is 1. The van der Waals surface area contributed by atoms with Gasteiger partial charge in [0.1, 0.15) is 28.4 Å². The van der Waals surface area contributed by atoms with Crippen LogP contribution in [0, 0.1) is 11.6 Å². The lowest BCUT2D eigenvalue weighted by atomic mass is 10.0. The Morgan fingerprint density at radius 2 is 1.43 bits per heavy atom. The predicted octanol–water partition coefficient (Wildman–Crippen LogP) is 7.30. The summed E-state index contributed by atoms with van der Waals surface area (Å²) in [7, 11) is 0. The first kappa shape index (κ1) is 22.6. The van der Waals surface area contributed by atoms with Crippen LogP contribution in [0.1, 0.15) is 5.56 Å². The smallest absolute Gasteiger partial charge is 0.195 e. The molecule has 0 aliphatic carbocycles. The number of imidazole rings is 1. The molecule has 180 valence electrons. The quantitative estimate of drug-likeness (QED) is 0.249.